The topological polar surface area (TPSA) is 58.6 Å². The Bertz CT molecular complexity index is 547. The third kappa shape index (κ3) is 3.40. The minimum Gasteiger partial charge on any atom is -0.343 e. The van der Waals surface area contributed by atoms with Gasteiger partial charge in [-0.05, 0) is 30.4 Å². The lowest BCUT2D eigenvalue weighted by molar-refractivity contribution is -0.119. The minimum absolute atomic E-state index is 0.268. The summed E-state index contributed by atoms with van der Waals surface area (Å²) in [4.78, 5) is 23.4. The van der Waals surface area contributed by atoms with E-state index in [-0.39, 0.29) is 5.92 Å². The molecule has 2 aromatic heterocycles. The van der Waals surface area contributed by atoms with Gasteiger partial charge in [0, 0.05) is 19.0 Å². The fraction of sp³-hybridized carbons (Fsp3) is 0.533. The number of unbranched alkanes of at least 4 members (excludes halogenated alkanes) is 1. The lowest BCUT2D eigenvalue weighted by Crippen LogP contribution is -2.07. The summed E-state index contributed by atoms with van der Waals surface area (Å²) in [5, 5.41) is 0. The van der Waals surface area contributed by atoms with E-state index in [2.05, 4.69) is 34.9 Å². The maximum absolute atomic E-state index is 11.9. The van der Waals surface area contributed by atoms with E-state index in [1.54, 1.807) is 6.33 Å². The number of rotatable bonds is 7. The first-order valence-electron chi connectivity index (χ1n) is 7.05. The van der Waals surface area contributed by atoms with E-state index in [4.69, 9.17) is 0 Å². The molecule has 0 fully saturated rings. The van der Waals surface area contributed by atoms with Crippen molar-refractivity contribution in [3.8, 4) is 0 Å². The molecule has 0 radical (unpaired) electrons. The van der Waals surface area contributed by atoms with E-state index in [9.17, 15) is 4.79 Å². The molecule has 0 aliphatic heterocycles. The number of imidazole rings is 1. The van der Waals surface area contributed by atoms with Crippen molar-refractivity contribution in [2.75, 3.05) is 0 Å². The number of nitrogens with zero attached hydrogens (tertiary/aromatic N) is 2. The van der Waals surface area contributed by atoms with Gasteiger partial charge in [0.25, 0.3) is 0 Å². The molecule has 0 aromatic carbocycles. The third-order valence-corrected chi connectivity index (χ3v) is 3.54. The molecule has 19 heavy (non-hydrogen) atoms. The zero-order valence-electron chi connectivity index (χ0n) is 11.6. The van der Waals surface area contributed by atoms with Crippen LogP contribution in [-0.4, -0.2) is 20.7 Å². The fourth-order valence-corrected chi connectivity index (χ4v) is 2.32. The fourth-order valence-electron chi connectivity index (χ4n) is 2.32. The van der Waals surface area contributed by atoms with Crippen molar-refractivity contribution in [3.63, 3.8) is 0 Å². The van der Waals surface area contributed by atoms with E-state index in [1.165, 1.54) is 0 Å². The number of fused-ring (bicyclic) bond motifs is 1. The second-order valence-electron chi connectivity index (χ2n) is 4.99. The molecule has 1 unspecified atom stereocenters. The second kappa shape index (κ2) is 6.45. The predicted molar refractivity (Wildman–Crippen MR) is 76.1 cm³/mol. The van der Waals surface area contributed by atoms with Crippen LogP contribution in [0, 0.1) is 0 Å². The largest absolute Gasteiger partial charge is 0.343 e. The van der Waals surface area contributed by atoms with Crippen molar-refractivity contribution >= 4 is 16.9 Å². The highest BCUT2D eigenvalue weighted by Gasteiger charge is 2.15. The number of pyridine rings is 1. The maximum Gasteiger partial charge on any atom is 0.177 e. The molecular formula is C15H21N3O. The standard InChI is InChI=1S/C15H21N3O/c1-3-5-6-13(19)7-11(4-2)12-8-14-15(16-9-12)18-10-17-14/h8-11H,3-7H2,1-2H3,(H,16,17,18). The van der Waals surface area contributed by atoms with Crippen LogP contribution in [0.25, 0.3) is 11.2 Å². The normalized spacial score (nSPS) is 12.7. The van der Waals surface area contributed by atoms with E-state index in [0.29, 0.717) is 18.6 Å². The number of aromatic nitrogens is 3. The summed E-state index contributed by atoms with van der Waals surface area (Å²) in [5.41, 5.74) is 2.80. The Labute approximate surface area is 113 Å². The molecule has 1 atom stereocenters. The van der Waals surface area contributed by atoms with Crippen LogP contribution in [0.1, 0.15) is 57.4 Å². The summed E-state index contributed by atoms with van der Waals surface area (Å²) in [7, 11) is 0. The smallest absolute Gasteiger partial charge is 0.177 e. The van der Waals surface area contributed by atoms with Gasteiger partial charge in [0.05, 0.1) is 11.8 Å². The third-order valence-electron chi connectivity index (χ3n) is 3.54. The Morgan fingerprint density at radius 1 is 1.37 bits per heavy atom. The van der Waals surface area contributed by atoms with Crippen LogP contribution in [0.15, 0.2) is 18.6 Å². The molecule has 0 aliphatic rings. The lowest BCUT2D eigenvalue weighted by Gasteiger charge is -2.14. The molecule has 2 rings (SSSR count). The molecule has 2 heterocycles. The maximum atomic E-state index is 11.9. The summed E-state index contributed by atoms with van der Waals surface area (Å²) in [6.45, 7) is 4.23. The SMILES string of the molecule is CCCCC(=O)CC(CC)c1cnc2nc[nH]c2c1. The number of Topliss-reactive ketones (excluding diaryl/α,β-unsaturated/α-hetero) is 1. The number of carbonyl (C=O) groups is 1. The highest BCUT2D eigenvalue weighted by molar-refractivity contribution is 5.79. The Hall–Kier alpha value is -1.71. The summed E-state index contributed by atoms with van der Waals surface area (Å²) in [6, 6.07) is 2.07. The van der Waals surface area contributed by atoms with Gasteiger partial charge >= 0.3 is 0 Å². The van der Waals surface area contributed by atoms with Crippen LogP contribution in [0.4, 0.5) is 0 Å². The van der Waals surface area contributed by atoms with E-state index in [0.717, 1.165) is 36.0 Å². The van der Waals surface area contributed by atoms with Crippen molar-refractivity contribution in [2.24, 2.45) is 0 Å². The van der Waals surface area contributed by atoms with Gasteiger partial charge in [0.1, 0.15) is 5.78 Å². The second-order valence-corrected chi connectivity index (χ2v) is 4.99. The van der Waals surface area contributed by atoms with Crippen LogP contribution in [0.2, 0.25) is 0 Å². The Kier molecular flexibility index (Phi) is 4.66. The molecule has 0 spiro atoms. The van der Waals surface area contributed by atoms with Crippen LogP contribution in [0.3, 0.4) is 0 Å². The van der Waals surface area contributed by atoms with Crippen LogP contribution >= 0.6 is 0 Å². The number of hydrogen-bond acceptors (Lipinski definition) is 3. The molecule has 1 N–H and O–H groups in total. The summed E-state index contributed by atoms with van der Waals surface area (Å²) >= 11 is 0. The van der Waals surface area contributed by atoms with Crippen molar-refractivity contribution in [3.05, 3.63) is 24.2 Å². The number of nitrogens with one attached hydrogen (secondary N) is 1. The van der Waals surface area contributed by atoms with Gasteiger partial charge in [-0.15, -0.1) is 0 Å². The number of carbonyl (C=O) groups excluding carboxylic acids is 1. The first kappa shape index (κ1) is 13.7. The van der Waals surface area contributed by atoms with E-state index < -0.39 is 0 Å². The van der Waals surface area contributed by atoms with Crippen LogP contribution < -0.4 is 0 Å². The van der Waals surface area contributed by atoms with Crippen LogP contribution in [0.5, 0.6) is 0 Å². The van der Waals surface area contributed by atoms with Gasteiger partial charge in [-0.25, -0.2) is 9.97 Å². The zero-order valence-corrected chi connectivity index (χ0v) is 11.6. The average molecular weight is 259 g/mol. The summed E-state index contributed by atoms with van der Waals surface area (Å²) < 4.78 is 0. The zero-order chi connectivity index (χ0) is 13.7. The van der Waals surface area contributed by atoms with Gasteiger partial charge in [0.15, 0.2) is 5.65 Å². The van der Waals surface area contributed by atoms with Crippen LogP contribution in [-0.2, 0) is 4.79 Å². The molecule has 0 bridgehead atoms. The van der Waals surface area contributed by atoms with Crippen molar-refractivity contribution in [2.45, 2.75) is 51.9 Å². The van der Waals surface area contributed by atoms with Gasteiger partial charge in [-0.2, -0.15) is 0 Å². The van der Waals surface area contributed by atoms with Gasteiger partial charge in [0.2, 0.25) is 0 Å². The van der Waals surface area contributed by atoms with Gasteiger partial charge < -0.3 is 4.98 Å². The minimum atomic E-state index is 0.268. The van der Waals surface area contributed by atoms with Crippen molar-refractivity contribution in [1.29, 1.82) is 0 Å². The Morgan fingerprint density at radius 3 is 2.95 bits per heavy atom. The Morgan fingerprint density at radius 2 is 2.21 bits per heavy atom. The average Bonchev–Trinajstić information content (AvgIpc) is 2.89. The monoisotopic (exact) mass is 259 g/mol. The summed E-state index contributed by atoms with van der Waals surface area (Å²) in [5.74, 6) is 0.628. The molecular weight excluding hydrogens is 238 g/mol. The lowest BCUT2D eigenvalue weighted by atomic mass is 9.91. The first-order chi connectivity index (χ1) is 9.24. The predicted octanol–water partition coefficient (Wildman–Crippen LogP) is 3.60. The molecule has 0 aliphatic carbocycles. The molecule has 4 heteroatoms. The number of aromatic amines is 1. The van der Waals surface area contributed by atoms with E-state index >= 15 is 0 Å². The molecule has 102 valence electrons. The van der Waals surface area contributed by atoms with Gasteiger partial charge in [-0.3, -0.25) is 4.79 Å². The number of hydrogen-bond donors (Lipinski definition) is 1. The van der Waals surface area contributed by atoms with Gasteiger partial charge in [-0.1, -0.05) is 20.3 Å². The molecule has 0 saturated heterocycles. The molecule has 2 aromatic rings. The molecule has 0 amide bonds. The Balaban J connectivity index is 2.09. The molecule has 4 nitrogen and oxygen atoms in total. The quantitative estimate of drug-likeness (QED) is 0.826. The first-order valence-corrected chi connectivity index (χ1v) is 7.05. The number of ketones is 1. The number of H-pyrrole nitrogens is 1. The van der Waals surface area contributed by atoms with E-state index in [1.807, 2.05) is 6.20 Å². The highest BCUT2D eigenvalue weighted by atomic mass is 16.1. The molecule has 0 saturated carbocycles. The van der Waals surface area contributed by atoms with Crippen molar-refractivity contribution in [1.82, 2.24) is 15.0 Å². The van der Waals surface area contributed by atoms with Crippen molar-refractivity contribution < 1.29 is 4.79 Å². The summed E-state index contributed by atoms with van der Waals surface area (Å²) in [6.07, 6.45) is 7.85. The highest BCUT2D eigenvalue weighted by Crippen LogP contribution is 2.25.